The highest BCUT2D eigenvalue weighted by Gasteiger charge is 2.57. The van der Waals surface area contributed by atoms with Crippen LogP contribution in [0.5, 0.6) is 0 Å². The Bertz CT molecular complexity index is 449. The monoisotopic (exact) mass is 808 g/mol. The van der Waals surface area contributed by atoms with Gasteiger partial charge in [0.05, 0.1) is 0 Å². The van der Waals surface area contributed by atoms with Crippen molar-refractivity contribution in [2.45, 2.75) is 102 Å². The molecular formula is C20H48Br4O4Si5. The largest absolute Gasteiger partial charge is 0.636 e. The van der Waals surface area contributed by atoms with Gasteiger partial charge in [-0.25, -0.2) is 0 Å². The fourth-order valence-corrected chi connectivity index (χ4v) is 26.7. The van der Waals surface area contributed by atoms with Crippen molar-refractivity contribution < 1.29 is 16.5 Å². The number of hydrogen-bond acceptors (Lipinski definition) is 4. The van der Waals surface area contributed by atoms with Crippen molar-refractivity contribution in [2.75, 3.05) is 21.3 Å². The molecule has 0 aromatic carbocycles. The molecule has 0 radical (unpaired) electrons. The number of alkyl halides is 4. The van der Waals surface area contributed by atoms with Gasteiger partial charge in [0.25, 0.3) is 0 Å². The van der Waals surface area contributed by atoms with Crippen molar-refractivity contribution in [3.8, 4) is 0 Å². The van der Waals surface area contributed by atoms with Crippen molar-refractivity contribution in [3.63, 3.8) is 0 Å². The van der Waals surface area contributed by atoms with Crippen molar-refractivity contribution in [1.82, 2.24) is 0 Å². The Morgan fingerprint density at radius 1 is 0.394 bits per heavy atom. The van der Waals surface area contributed by atoms with Gasteiger partial charge in [-0.1, -0.05) is 63.7 Å². The molecule has 0 saturated heterocycles. The summed E-state index contributed by atoms with van der Waals surface area (Å²) in [5.74, 6) is 0. The molecular weight excluding hydrogens is 764 g/mol. The molecule has 0 aliphatic heterocycles. The topological polar surface area (TPSA) is 36.9 Å². The fraction of sp³-hybridized carbons (Fsp3) is 1.00. The lowest BCUT2D eigenvalue weighted by Crippen LogP contribution is -2.66. The van der Waals surface area contributed by atoms with Crippen LogP contribution < -0.4 is 0 Å². The van der Waals surface area contributed by atoms with Gasteiger partial charge < -0.3 is 16.5 Å². The van der Waals surface area contributed by atoms with Crippen LogP contribution in [0.2, 0.25) is 76.6 Å². The number of halogens is 4. The normalized spacial score (nSPS) is 14.2. The summed E-state index contributed by atoms with van der Waals surface area (Å²) in [5, 5.41) is 3.97. The van der Waals surface area contributed by atoms with E-state index in [-0.39, 0.29) is 0 Å². The van der Waals surface area contributed by atoms with Crippen LogP contribution in [-0.4, -0.2) is 63.6 Å². The number of hydrogen-bond donors (Lipinski definition) is 0. The second-order valence-corrected chi connectivity index (χ2v) is 34.6. The molecule has 0 aliphatic rings. The van der Waals surface area contributed by atoms with Gasteiger partial charge in [0.2, 0.25) is 0 Å². The zero-order chi connectivity index (χ0) is 25.8. The summed E-state index contributed by atoms with van der Waals surface area (Å²) in [7, 11) is -11.6. The summed E-state index contributed by atoms with van der Waals surface area (Å²) in [5.41, 5.74) is 0. The van der Waals surface area contributed by atoms with Crippen molar-refractivity contribution >= 4 is 106 Å². The molecule has 13 heteroatoms. The van der Waals surface area contributed by atoms with E-state index in [1.54, 1.807) is 0 Å². The average molecular weight is 813 g/mol. The second-order valence-electron chi connectivity index (χ2n) is 11.1. The minimum atomic E-state index is -3.35. The summed E-state index contributed by atoms with van der Waals surface area (Å²) in [6, 6.07) is 4.27. The lowest BCUT2D eigenvalue weighted by Gasteiger charge is -2.46. The Balaban J connectivity index is 6.34. The minimum Gasteiger partial charge on any atom is -0.396 e. The smallest absolute Gasteiger partial charge is 0.396 e. The van der Waals surface area contributed by atoms with Gasteiger partial charge in [0, 0.05) is 21.3 Å². The summed E-state index contributed by atoms with van der Waals surface area (Å²) in [6.45, 7) is 18.4. The molecule has 0 unspecified atom stereocenters. The highest BCUT2D eigenvalue weighted by Crippen LogP contribution is 2.35. The van der Waals surface area contributed by atoms with Crippen LogP contribution in [0.1, 0.15) is 25.7 Å². The Morgan fingerprint density at radius 3 is 0.727 bits per heavy atom. The first-order valence-corrected chi connectivity index (χ1v) is 30.7. The highest BCUT2D eigenvalue weighted by atomic mass is 79.9. The zero-order valence-corrected chi connectivity index (χ0v) is 33.5. The molecule has 0 fully saturated rings. The van der Waals surface area contributed by atoms with Crippen LogP contribution in [0.3, 0.4) is 0 Å². The molecule has 0 saturated carbocycles. The van der Waals surface area contributed by atoms with Crippen molar-refractivity contribution in [2.24, 2.45) is 0 Å². The standard InChI is InChI=1S/C20H48Br4O4Si5/c1-29(2,17-9-13-21)25-33(26-30(3,4)18-10-14-22,27-31(5,6)19-11-15-23)28-32(7,8)20-12-16-24/h9-20H2,1-8H3. The number of rotatable bonds is 20. The molecule has 0 atom stereocenters. The maximum absolute atomic E-state index is 7.13. The van der Waals surface area contributed by atoms with Gasteiger partial charge in [0.1, 0.15) is 0 Å². The predicted octanol–water partition coefficient (Wildman–Crippen LogP) is 9.45. The van der Waals surface area contributed by atoms with Crippen LogP contribution >= 0.6 is 63.7 Å². The average Bonchev–Trinajstić information content (AvgIpc) is 2.66. The molecule has 0 bridgehead atoms. The Kier molecular flexibility index (Phi) is 18.2. The molecule has 0 aromatic rings. The predicted molar refractivity (Wildman–Crippen MR) is 173 cm³/mol. The first kappa shape index (κ1) is 35.8. The van der Waals surface area contributed by atoms with E-state index in [1.807, 2.05) is 0 Å². The fourth-order valence-electron chi connectivity index (χ4n) is 3.65. The SMILES string of the molecule is C[Si](C)(CCCBr)O[Si](O[Si](C)(C)CCCBr)(O[Si](C)(C)CCCBr)O[Si](C)(C)CCCBr. The third-order valence-corrected chi connectivity index (χ3v) is 26.6. The molecule has 0 heterocycles. The summed E-state index contributed by atoms with van der Waals surface area (Å²) < 4.78 is 28.5. The van der Waals surface area contributed by atoms with Crippen molar-refractivity contribution in [1.29, 1.82) is 0 Å². The first-order valence-electron chi connectivity index (χ1n) is 12.1. The van der Waals surface area contributed by atoms with E-state index in [1.165, 1.54) is 0 Å². The van der Waals surface area contributed by atoms with E-state index >= 15 is 0 Å². The van der Waals surface area contributed by atoms with E-state index in [4.69, 9.17) is 16.5 Å². The highest BCUT2D eigenvalue weighted by molar-refractivity contribution is 9.09. The zero-order valence-electron chi connectivity index (χ0n) is 22.1. The second kappa shape index (κ2) is 16.7. The van der Waals surface area contributed by atoms with Gasteiger partial charge >= 0.3 is 9.05 Å². The van der Waals surface area contributed by atoms with Crippen LogP contribution in [0.25, 0.3) is 0 Å². The van der Waals surface area contributed by atoms with Crippen LogP contribution in [-0.2, 0) is 16.5 Å². The van der Waals surface area contributed by atoms with E-state index in [9.17, 15) is 0 Å². The molecule has 0 amide bonds. The molecule has 0 aliphatic carbocycles. The maximum Gasteiger partial charge on any atom is 0.636 e. The first-order chi connectivity index (χ1) is 15.1. The van der Waals surface area contributed by atoms with Gasteiger partial charge in [-0.15, -0.1) is 0 Å². The molecule has 0 N–H and O–H groups in total. The quantitative estimate of drug-likeness (QED) is 0.0908. The lowest BCUT2D eigenvalue weighted by molar-refractivity contribution is 0.145. The molecule has 0 aromatic heterocycles. The van der Waals surface area contributed by atoms with Crippen molar-refractivity contribution in [3.05, 3.63) is 0 Å². The van der Waals surface area contributed by atoms with E-state index < -0.39 is 42.3 Å². The molecule has 0 spiro atoms. The Morgan fingerprint density at radius 2 is 0.576 bits per heavy atom. The van der Waals surface area contributed by atoms with Gasteiger partial charge in [-0.05, 0) is 102 Å². The minimum absolute atomic E-state index is 0.992. The van der Waals surface area contributed by atoms with Gasteiger partial charge in [0.15, 0.2) is 33.3 Å². The molecule has 0 rings (SSSR count). The third kappa shape index (κ3) is 17.1. The molecule has 200 valence electrons. The lowest BCUT2D eigenvalue weighted by atomic mass is 10.6. The van der Waals surface area contributed by atoms with Crippen LogP contribution in [0.15, 0.2) is 0 Å². The summed E-state index contributed by atoms with van der Waals surface area (Å²) >= 11 is 14.4. The van der Waals surface area contributed by atoms with Gasteiger partial charge in [-0.2, -0.15) is 0 Å². The van der Waals surface area contributed by atoms with E-state index in [2.05, 4.69) is 116 Å². The van der Waals surface area contributed by atoms with Crippen LogP contribution in [0.4, 0.5) is 0 Å². The third-order valence-electron chi connectivity index (χ3n) is 5.26. The van der Waals surface area contributed by atoms with Gasteiger partial charge in [-0.3, -0.25) is 0 Å². The summed E-state index contributed by atoms with van der Waals surface area (Å²) in [4.78, 5) is 0. The van der Waals surface area contributed by atoms with E-state index in [0.717, 1.165) is 71.2 Å². The molecule has 4 nitrogen and oxygen atoms in total. The maximum atomic E-state index is 7.13. The Labute approximate surface area is 243 Å². The van der Waals surface area contributed by atoms with E-state index in [0.29, 0.717) is 0 Å². The molecule has 33 heavy (non-hydrogen) atoms. The summed E-state index contributed by atoms with van der Waals surface area (Å²) in [6.07, 6.45) is 4.40. The van der Waals surface area contributed by atoms with Crippen LogP contribution in [0, 0.1) is 0 Å². The Hall–Kier alpha value is 2.84.